The summed E-state index contributed by atoms with van der Waals surface area (Å²) < 4.78 is 0. The number of carbonyl (C=O) groups excluding carboxylic acids is 1. The second-order valence-electron chi connectivity index (χ2n) is 4.52. The van der Waals surface area contributed by atoms with E-state index in [4.69, 9.17) is 0 Å². The maximum absolute atomic E-state index is 11.5. The monoisotopic (exact) mass is 297 g/mol. The van der Waals surface area contributed by atoms with Gasteiger partial charge in [-0.3, -0.25) is 4.79 Å². The van der Waals surface area contributed by atoms with Crippen molar-refractivity contribution in [3.05, 3.63) is 6.07 Å². The molecule has 1 rings (SSSR count). The molecule has 1 aromatic rings. The molecule has 1 heterocycles. The van der Waals surface area contributed by atoms with Gasteiger partial charge in [0.2, 0.25) is 5.91 Å². The lowest BCUT2D eigenvalue weighted by atomic mass is 10.3. The highest BCUT2D eigenvalue weighted by atomic mass is 32.2. The molecule has 1 aromatic heterocycles. The molecule has 0 bridgehead atoms. The molecule has 0 unspecified atom stereocenters. The van der Waals surface area contributed by atoms with Gasteiger partial charge >= 0.3 is 0 Å². The minimum atomic E-state index is 0.0981. The normalized spacial score (nSPS) is 10.2. The van der Waals surface area contributed by atoms with Gasteiger partial charge in [0.1, 0.15) is 11.6 Å². The molecular formula is C13H23N5OS. The van der Waals surface area contributed by atoms with Crippen LogP contribution in [0.1, 0.15) is 19.8 Å². The molecule has 0 aliphatic rings. The predicted octanol–water partition coefficient (Wildman–Crippen LogP) is 1.91. The Morgan fingerprint density at radius 3 is 2.35 bits per heavy atom. The Morgan fingerprint density at radius 2 is 1.85 bits per heavy atom. The number of nitrogens with zero attached hydrogens (tertiary/aromatic N) is 3. The van der Waals surface area contributed by atoms with E-state index in [1.54, 1.807) is 19.0 Å². The van der Waals surface area contributed by atoms with Crippen LogP contribution in [-0.2, 0) is 4.79 Å². The number of amides is 1. The van der Waals surface area contributed by atoms with Crippen LogP contribution in [-0.4, -0.2) is 54.2 Å². The summed E-state index contributed by atoms with van der Waals surface area (Å²) >= 11 is 1.50. The van der Waals surface area contributed by atoms with Gasteiger partial charge in [0.25, 0.3) is 0 Å². The van der Waals surface area contributed by atoms with Crippen molar-refractivity contribution in [3.63, 3.8) is 0 Å². The van der Waals surface area contributed by atoms with Gasteiger partial charge in [-0.05, 0) is 12.7 Å². The molecule has 20 heavy (non-hydrogen) atoms. The van der Waals surface area contributed by atoms with Crippen LogP contribution < -0.4 is 10.6 Å². The van der Waals surface area contributed by atoms with Crippen LogP contribution in [0.5, 0.6) is 0 Å². The summed E-state index contributed by atoms with van der Waals surface area (Å²) in [7, 11) is 3.51. The van der Waals surface area contributed by atoms with Crippen LogP contribution in [0, 0.1) is 0 Å². The first-order valence-corrected chi connectivity index (χ1v) is 7.90. The van der Waals surface area contributed by atoms with Crippen LogP contribution in [0.3, 0.4) is 0 Å². The third-order valence-corrected chi connectivity index (χ3v) is 3.14. The van der Waals surface area contributed by atoms with Crippen LogP contribution in [0.4, 0.5) is 11.6 Å². The van der Waals surface area contributed by atoms with Crippen molar-refractivity contribution in [2.24, 2.45) is 0 Å². The number of aromatic nitrogens is 2. The Kier molecular flexibility index (Phi) is 7.14. The van der Waals surface area contributed by atoms with Crippen molar-refractivity contribution < 1.29 is 4.79 Å². The summed E-state index contributed by atoms with van der Waals surface area (Å²) in [5.74, 6) is 1.66. The molecule has 0 saturated carbocycles. The van der Waals surface area contributed by atoms with Gasteiger partial charge in [0, 0.05) is 39.7 Å². The van der Waals surface area contributed by atoms with Crippen LogP contribution in [0.2, 0.25) is 0 Å². The highest BCUT2D eigenvalue weighted by Crippen LogP contribution is 2.17. The van der Waals surface area contributed by atoms with Crippen LogP contribution >= 0.6 is 11.8 Å². The Hall–Kier alpha value is -1.50. The molecule has 112 valence electrons. The van der Waals surface area contributed by atoms with Crippen molar-refractivity contribution in [3.8, 4) is 0 Å². The minimum Gasteiger partial charge on any atom is -0.370 e. The van der Waals surface area contributed by atoms with Gasteiger partial charge in [0.05, 0.1) is 0 Å². The third kappa shape index (κ3) is 5.64. The average molecular weight is 297 g/mol. The molecule has 0 aliphatic heterocycles. The lowest BCUT2D eigenvalue weighted by molar-refractivity contribution is -0.128. The summed E-state index contributed by atoms with van der Waals surface area (Å²) in [5, 5.41) is 7.13. The Labute approximate surface area is 124 Å². The lowest BCUT2D eigenvalue weighted by Crippen LogP contribution is -2.24. The number of anilines is 2. The molecule has 0 atom stereocenters. The summed E-state index contributed by atoms with van der Waals surface area (Å²) in [4.78, 5) is 21.9. The molecule has 0 spiro atoms. The van der Waals surface area contributed by atoms with Gasteiger partial charge in [-0.1, -0.05) is 18.7 Å². The maximum atomic E-state index is 11.5. The lowest BCUT2D eigenvalue weighted by Gasteiger charge is -2.12. The average Bonchev–Trinajstić information content (AvgIpc) is 2.44. The molecule has 7 heteroatoms. The first-order valence-electron chi connectivity index (χ1n) is 6.67. The Bertz CT molecular complexity index is 439. The van der Waals surface area contributed by atoms with Crippen molar-refractivity contribution >= 4 is 29.3 Å². The standard InChI is InChI=1S/C13H23N5OS/c1-5-7-14-10-9-11(17-13(16-10)20-4)15-8-6-12(19)18(2)3/h9H,5-8H2,1-4H3,(H2,14,15,16,17). The molecule has 0 aromatic carbocycles. The number of nitrogens with one attached hydrogen (secondary N) is 2. The highest BCUT2D eigenvalue weighted by molar-refractivity contribution is 7.98. The van der Waals surface area contributed by atoms with Gasteiger partial charge in [-0.15, -0.1) is 0 Å². The second kappa shape index (κ2) is 8.63. The van der Waals surface area contributed by atoms with E-state index in [0.29, 0.717) is 18.1 Å². The summed E-state index contributed by atoms with van der Waals surface area (Å²) in [6.45, 7) is 3.55. The molecule has 0 saturated heterocycles. The van der Waals surface area contributed by atoms with E-state index < -0.39 is 0 Å². The number of carbonyl (C=O) groups is 1. The third-order valence-electron chi connectivity index (χ3n) is 2.59. The van der Waals surface area contributed by atoms with E-state index in [-0.39, 0.29) is 5.91 Å². The van der Waals surface area contributed by atoms with Gasteiger partial charge in [-0.2, -0.15) is 0 Å². The molecule has 2 N–H and O–H groups in total. The van der Waals surface area contributed by atoms with E-state index in [1.165, 1.54) is 11.8 Å². The largest absolute Gasteiger partial charge is 0.370 e. The fourth-order valence-electron chi connectivity index (χ4n) is 1.47. The molecule has 0 radical (unpaired) electrons. The number of hydrogen-bond donors (Lipinski definition) is 2. The number of hydrogen-bond acceptors (Lipinski definition) is 6. The van der Waals surface area contributed by atoms with E-state index >= 15 is 0 Å². The van der Waals surface area contributed by atoms with Crippen molar-refractivity contribution in [2.75, 3.05) is 44.1 Å². The zero-order valence-electron chi connectivity index (χ0n) is 12.6. The molecule has 0 aliphatic carbocycles. The maximum Gasteiger partial charge on any atom is 0.223 e. The van der Waals surface area contributed by atoms with Gasteiger partial charge < -0.3 is 15.5 Å². The Balaban J connectivity index is 2.61. The van der Waals surface area contributed by atoms with E-state index in [0.717, 1.165) is 24.6 Å². The minimum absolute atomic E-state index is 0.0981. The van der Waals surface area contributed by atoms with Crippen molar-refractivity contribution in [2.45, 2.75) is 24.9 Å². The van der Waals surface area contributed by atoms with Crippen LogP contribution in [0.15, 0.2) is 11.2 Å². The van der Waals surface area contributed by atoms with Crippen LogP contribution in [0.25, 0.3) is 0 Å². The molecular weight excluding hydrogens is 274 g/mol. The van der Waals surface area contributed by atoms with E-state index in [1.807, 2.05) is 12.3 Å². The van der Waals surface area contributed by atoms with E-state index in [9.17, 15) is 4.79 Å². The molecule has 1 amide bonds. The number of thioether (sulfide) groups is 1. The first-order chi connectivity index (χ1) is 9.56. The van der Waals surface area contributed by atoms with Gasteiger partial charge in [-0.25, -0.2) is 9.97 Å². The fraction of sp³-hybridized carbons (Fsp3) is 0.615. The zero-order valence-corrected chi connectivity index (χ0v) is 13.4. The molecule has 6 nitrogen and oxygen atoms in total. The first kappa shape index (κ1) is 16.6. The molecule has 0 fully saturated rings. The van der Waals surface area contributed by atoms with E-state index in [2.05, 4.69) is 27.5 Å². The SMILES string of the molecule is CCCNc1cc(NCCC(=O)N(C)C)nc(SC)n1. The highest BCUT2D eigenvalue weighted by Gasteiger charge is 2.06. The fourth-order valence-corrected chi connectivity index (χ4v) is 1.85. The Morgan fingerprint density at radius 1 is 1.25 bits per heavy atom. The predicted molar refractivity (Wildman–Crippen MR) is 84.4 cm³/mol. The summed E-state index contributed by atoms with van der Waals surface area (Å²) in [6, 6.07) is 1.87. The topological polar surface area (TPSA) is 70.2 Å². The zero-order chi connectivity index (χ0) is 15.0. The smallest absolute Gasteiger partial charge is 0.223 e. The summed E-state index contributed by atoms with van der Waals surface area (Å²) in [5.41, 5.74) is 0. The quantitative estimate of drug-likeness (QED) is 0.564. The summed E-state index contributed by atoms with van der Waals surface area (Å²) in [6.07, 6.45) is 3.43. The van der Waals surface area contributed by atoms with Crippen molar-refractivity contribution in [1.82, 2.24) is 14.9 Å². The second-order valence-corrected chi connectivity index (χ2v) is 5.29. The van der Waals surface area contributed by atoms with Crippen molar-refractivity contribution in [1.29, 1.82) is 0 Å². The number of rotatable bonds is 8. The van der Waals surface area contributed by atoms with Gasteiger partial charge in [0.15, 0.2) is 5.16 Å².